The van der Waals surface area contributed by atoms with Gasteiger partial charge in [0.05, 0.1) is 45.5 Å². The topological polar surface area (TPSA) is 91.8 Å². The van der Waals surface area contributed by atoms with Crippen LogP contribution in [0.3, 0.4) is 0 Å². The van der Waals surface area contributed by atoms with Crippen LogP contribution in [0, 0.1) is 25.5 Å². The molecular formula is C126H90F2N4O6. The number of aryl methyl sites for hydroxylation is 2. The van der Waals surface area contributed by atoms with Crippen LogP contribution < -0.4 is 19.6 Å². The van der Waals surface area contributed by atoms with Gasteiger partial charge >= 0.3 is 0 Å². The van der Waals surface area contributed by atoms with Crippen molar-refractivity contribution in [2.45, 2.75) is 89.9 Å². The third-order valence-electron chi connectivity index (χ3n) is 29.6. The molecule has 664 valence electrons. The van der Waals surface area contributed by atoms with E-state index in [0.717, 1.165) is 243 Å². The average molecular weight is 1790 g/mol. The van der Waals surface area contributed by atoms with E-state index < -0.39 is 0 Å². The molecule has 10 nitrogen and oxygen atoms in total. The van der Waals surface area contributed by atoms with Crippen molar-refractivity contribution in [2.24, 2.45) is 0 Å². The predicted molar refractivity (Wildman–Crippen MR) is 566 cm³/mol. The second kappa shape index (κ2) is 32.6. The molecule has 0 radical (unpaired) electrons. The highest BCUT2D eigenvalue weighted by molar-refractivity contribution is 6.29. The fourth-order valence-electron chi connectivity index (χ4n) is 23.2. The number of anilines is 12. The van der Waals surface area contributed by atoms with Crippen LogP contribution in [0.4, 0.5) is 77.0 Å². The zero-order valence-corrected chi connectivity index (χ0v) is 76.0. The van der Waals surface area contributed by atoms with Crippen LogP contribution in [-0.4, -0.2) is 0 Å². The molecule has 20 aromatic carbocycles. The Kier molecular flexibility index (Phi) is 19.1. The minimum Gasteiger partial charge on any atom is -0.455 e. The predicted octanol–water partition coefficient (Wildman–Crippen LogP) is 38.3. The number of halogens is 2. The van der Waals surface area contributed by atoms with Crippen LogP contribution in [0.25, 0.3) is 175 Å². The molecule has 0 aliphatic heterocycles. The number of fused-ring (bicyclic) bond motifs is 26. The molecule has 0 unspecified atom stereocenters. The first-order chi connectivity index (χ1) is 68.1. The summed E-state index contributed by atoms with van der Waals surface area (Å²) in [6.07, 6.45) is 12.5. The molecule has 0 saturated heterocycles. The van der Waals surface area contributed by atoms with Crippen molar-refractivity contribution >= 4 is 243 Å². The van der Waals surface area contributed by atoms with E-state index in [-0.39, 0.29) is 11.6 Å². The van der Waals surface area contributed by atoms with Crippen molar-refractivity contribution in [3.63, 3.8) is 0 Å². The van der Waals surface area contributed by atoms with E-state index in [2.05, 4.69) is 325 Å². The Morgan fingerprint density at radius 3 is 0.696 bits per heavy atom. The summed E-state index contributed by atoms with van der Waals surface area (Å²) in [5.41, 5.74) is 26.0. The number of furan rings is 6. The first-order valence-corrected chi connectivity index (χ1v) is 48.3. The smallest absolute Gasteiger partial charge is 0.159 e. The lowest BCUT2D eigenvalue weighted by Gasteiger charge is -2.27. The van der Waals surface area contributed by atoms with Gasteiger partial charge in [-0.25, -0.2) is 8.78 Å². The Hall–Kier alpha value is -16.7. The standard InChI is InChI=1S/C68H54N2O3.C58H36F2N2O3/c1-5-21-43(22-6-1)47-33-17-35-53-55-37-19-39-59(67(55)72-63(47)53)69(45-25-9-3-10-26-45)61-41-57-58-42-62(50-30-14-16-32-52(50)66(58)71-65(57)51-31-15-13-29-49(51)61)70(46-27-11-4-12-28-46)60-40-20-38-56-54-36-18-34-48(64(54)73-68(56)60)44-23-7-2-8-24-44;1-33-11-7-17-43-45-19-9-21-49(57(45)63-53(33)43)61(37-27-23-35(59)24-28-37)51-31-47-48-32-52(40-14-4-6-16-42(40)56(48)65-55(47)41-15-5-3-13-39(41)51)62(38-29-25-36(60)26-30-38)50-22-10-20-46-44-18-8-12-34(2)54(44)64-58(46)50/h3-4,9-20,25-44H,1-2,5-8,21-24H2;3-32H,1-2H3. The zero-order valence-electron chi connectivity index (χ0n) is 76.0. The van der Waals surface area contributed by atoms with Crippen LogP contribution in [0.15, 0.2) is 403 Å². The molecule has 0 bridgehead atoms. The van der Waals surface area contributed by atoms with Gasteiger partial charge in [-0.05, 0) is 195 Å². The molecule has 2 fully saturated rings. The Balaban J connectivity index is 0.000000140. The minimum atomic E-state index is -0.328. The molecule has 2 aliphatic carbocycles. The Morgan fingerprint density at radius 2 is 0.399 bits per heavy atom. The highest BCUT2D eigenvalue weighted by Crippen LogP contribution is 2.57. The third-order valence-corrected chi connectivity index (χ3v) is 29.6. The van der Waals surface area contributed by atoms with Gasteiger partial charge in [0.1, 0.15) is 56.3 Å². The second-order valence-corrected chi connectivity index (χ2v) is 37.5. The molecule has 138 heavy (non-hydrogen) atoms. The molecule has 6 heterocycles. The van der Waals surface area contributed by atoms with Crippen LogP contribution in [-0.2, 0) is 0 Å². The van der Waals surface area contributed by atoms with Crippen molar-refractivity contribution in [1.29, 1.82) is 0 Å². The maximum atomic E-state index is 14.8. The summed E-state index contributed by atoms with van der Waals surface area (Å²) in [7, 11) is 0. The van der Waals surface area contributed by atoms with Gasteiger partial charge in [-0.2, -0.15) is 0 Å². The molecule has 0 spiro atoms. The molecule has 12 heteroatoms. The Labute approximate surface area is 792 Å². The number of hydrogen-bond acceptors (Lipinski definition) is 10. The first-order valence-electron chi connectivity index (χ1n) is 48.3. The lowest BCUT2D eigenvalue weighted by Crippen LogP contribution is -2.11. The highest BCUT2D eigenvalue weighted by atomic mass is 19.1. The van der Waals surface area contributed by atoms with Crippen molar-refractivity contribution in [3.8, 4) is 0 Å². The molecule has 2 saturated carbocycles. The lowest BCUT2D eigenvalue weighted by molar-refractivity contribution is 0.442. The summed E-state index contributed by atoms with van der Waals surface area (Å²) in [5, 5.41) is 20.5. The number of benzene rings is 20. The minimum absolute atomic E-state index is 0.328. The number of nitrogens with zero attached hydrogens (tertiary/aromatic N) is 4. The summed E-state index contributed by atoms with van der Waals surface area (Å²) < 4.78 is 71.9. The van der Waals surface area contributed by atoms with E-state index in [4.69, 9.17) is 26.5 Å². The second-order valence-electron chi connectivity index (χ2n) is 37.5. The van der Waals surface area contributed by atoms with Crippen molar-refractivity contribution in [3.05, 3.63) is 410 Å². The van der Waals surface area contributed by atoms with Crippen LogP contribution in [0.1, 0.15) is 98.3 Å². The summed E-state index contributed by atoms with van der Waals surface area (Å²) >= 11 is 0. The molecular weight excluding hydrogens is 1700 g/mol. The quantitative estimate of drug-likeness (QED) is 0.105. The molecule has 2 aliphatic rings. The van der Waals surface area contributed by atoms with Crippen molar-refractivity contribution in [2.75, 3.05) is 19.6 Å². The van der Waals surface area contributed by atoms with Crippen molar-refractivity contribution < 1.29 is 35.3 Å². The van der Waals surface area contributed by atoms with E-state index in [1.165, 1.54) is 110 Å². The van der Waals surface area contributed by atoms with E-state index >= 15 is 0 Å². The van der Waals surface area contributed by atoms with Crippen LogP contribution in [0.5, 0.6) is 0 Å². The molecule has 0 N–H and O–H groups in total. The van der Waals surface area contributed by atoms with Crippen LogP contribution in [0.2, 0.25) is 0 Å². The fraction of sp³-hybridized carbons (Fsp3) is 0.111. The molecule has 28 rings (SSSR count). The third kappa shape index (κ3) is 12.9. The SMILES string of the molecule is Cc1cccc2c1oc1c(N(c3ccc(F)cc3)c3cc4c5cc(N(c6ccc(F)cc6)c6cccc7c6oc6c(C)cccc67)c6ccccc6c5oc4c4ccccc34)cccc12.c1ccc(N(c2cc3c4cc(N(c5ccccc5)c5cccc6c5oc5c(C7CCCCC7)cccc56)c5ccccc5c4oc3c3ccccc23)c2cccc3c2oc2c(C4CCCCC4)cccc23)cc1. The van der Waals surface area contributed by atoms with Gasteiger partial charge in [-0.15, -0.1) is 0 Å². The van der Waals surface area contributed by atoms with E-state index in [9.17, 15) is 8.78 Å². The molecule has 0 amide bonds. The molecule has 0 atom stereocenters. The Morgan fingerprint density at radius 1 is 0.181 bits per heavy atom. The van der Waals surface area contributed by atoms with Gasteiger partial charge in [0.15, 0.2) is 22.3 Å². The molecule has 26 aromatic rings. The monoisotopic (exact) mass is 1790 g/mol. The number of para-hydroxylation sites is 10. The van der Waals surface area contributed by atoms with Gasteiger partial charge < -0.3 is 46.1 Å². The summed E-state index contributed by atoms with van der Waals surface area (Å²) in [6, 6.07) is 129. The van der Waals surface area contributed by atoms with Gasteiger partial charge in [0.25, 0.3) is 0 Å². The largest absolute Gasteiger partial charge is 0.455 e. The number of hydrogen-bond donors (Lipinski definition) is 0. The summed E-state index contributed by atoms with van der Waals surface area (Å²) in [4.78, 5) is 9.15. The van der Waals surface area contributed by atoms with E-state index in [0.29, 0.717) is 11.8 Å². The van der Waals surface area contributed by atoms with Crippen molar-refractivity contribution in [1.82, 2.24) is 0 Å². The summed E-state index contributed by atoms with van der Waals surface area (Å²) in [6.45, 7) is 4.11. The van der Waals surface area contributed by atoms with Crippen LogP contribution >= 0.6 is 0 Å². The van der Waals surface area contributed by atoms with E-state index in [1.807, 2.05) is 36.4 Å². The highest BCUT2D eigenvalue weighted by Gasteiger charge is 2.34. The van der Waals surface area contributed by atoms with Gasteiger partial charge in [-0.3, -0.25) is 0 Å². The molecule has 6 aromatic heterocycles. The number of rotatable bonds is 14. The lowest BCUT2D eigenvalue weighted by atomic mass is 9.83. The first kappa shape index (κ1) is 80.9. The fourth-order valence-corrected chi connectivity index (χ4v) is 23.2. The summed E-state index contributed by atoms with van der Waals surface area (Å²) in [5.74, 6) is 0.367. The van der Waals surface area contributed by atoms with E-state index in [1.54, 1.807) is 24.3 Å². The van der Waals surface area contributed by atoms with Gasteiger partial charge in [-0.1, -0.05) is 293 Å². The normalized spacial score (nSPS) is 13.6. The van der Waals surface area contributed by atoms with Gasteiger partial charge in [0.2, 0.25) is 0 Å². The zero-order chi connectivity index (χ0) is 91.5. The maximum Gasteiger partial charge on any atom is 0.159 e. The van der Waals surface area contributed by atoms with Gasteiger partial charge in [0, 0.05) is 130 Å². The average Bonchev–Trinajstić information content (AvgIpc) is 1.54. The Bertz CT molecular complexity index is 8870. The maximum absolute atomic E-state index is 14.8.